The summed E-state index contributed by atoms with van der Waals surface area (Å²) < 4.78 is 6.51. The van der Waals surface area contributed by atoms with Crippen LogP contribution in [0, 0.1) is 0 Å². The van der Waals surface area contributed by atoms with Gasteiger partial charge in [-0.15, -0.1) is 11.6 Å². The summed E-state index contributed by atoms with van der Waals surface area (Å²) in [5, 5.41) is 0. The van der Waals surface area contributed by atoms with Gasteiger partial charge in [-0.2, -0.15) is 0 Å². The van der Waals surface area contributed by atoms with Gasteiger partial charge in [0.05, 0.1) is 17.6 Å². The first-order chi connectivity index (χ1) is 8.93. The number of hydrogen-bond donors (Lipinski definition) is 0. The van der Waals surface area contributed by atoms with Crippen LogP contribution in [-0.2, 0) is 4.74 Å². The van der Waals surface area contributed by atoms with Crippen LogP contribution in [0.2, 0.25) is 0 Å². The van der Waals surface area contributed by atoms with Gasteiger partial charge in [0.15, 0.2) is 0 Å². The normalized spacial score (nSPS) is 22.3. The van der Waals surface area contributed by atoms with Crippen LogP contribution in [0.5, 0.6) is 0 Å². The van der Waals surface area contributed by atoms with Gasteiger partial charge in [0.1, 0.15) is 5.69 Å². The Kier molecular flexibility index (Phi) is 4.48. The van der Waals surface area contributed by atoms with Gasteiger partial charge < -0.3 is 9.64 Å². The minimum absolute atomic E-state index is 0.0982. The van der Waals surface area contributed by atoms with Gasteiger partial charge in [-0.3, -0.25) is 4.79 Å². The summed E-state index contributed by atoms with van der Waals surface area (Å²) >= 11 is 9.22. The van der Waals surface area contributed by atoms with Gasteiger partial charge in [0, 0.05) is 23.8 Å². The van der Waals surface area contributed by atoms with Gasteiger partial charge >= 0.3 is 0 Å². The van der Waals surface area contributed by atoms with Gasteiger partial charge in [0.25, 0.3) is 5.91 Å². The number of halogens is 2. The molecule has 0 N–H and O–H groups in total. The van der Waals surface area contributed by atoms with Crippen molar-refractivity contribution >= 4 is 33.4 Å². The molecule has 1 aromatic heterocycles. The second kappa shape index (κ2) is 5.77. The van der Waals surface area contributed by atoms with Crippen molar-refractivity contribution in [2.45, 2.75) is 25.6 Å². The quantitative estimate of drug-likeness (QED) is 0.773. The summed E-state index contributed by atoms with van der Waals surface area (Å²) in [6, 6.07) is 3.59. The molecule has 1 saturated heterocycles. The molecule has 6 heteroatoms. The lowest BCUT2D eigenvalue weighted by Crippen LogP contribution is -2.55. The zero-order valence-electron chi connectivity index (χ0n) is 10.9. The van der Waals surface area contributed by atoms with Crippen molar-refractivity contribution in [2.75, 3.05) is 19.0 Å². The maximum Gasteiger partial charge on any atom is 0.273 e. The Morgan fingerprint density at radius 1 is 1.68 bits per heavy atom. The minimum atomic E-state index is -0.394. The second-order valence-corrected chi connectivity index (χ2v) is 6.34. The van der Waals surface area contributed by atoms with Crippen LogP contribution in [-0.4, -0.2) is 46.5 Å². The molecule has 0 aliphatic carbocycles. The number of hydrogen-bond acceptors (Lipinski definition) is 3. The predicted molar refractivity (Wildman–Crippen MR) is 77.5 cm³/mol. The molecule has 0 saturated carbocycles. The molecule has 1 atom stereocenters. The van der Waals surface area contributed by atoms with E-state index in [0.717, 1.165) is 0 Å². The number of morpholine rings is 1. The molecule has 1 aliphatic rings. The lowest BCUT2D eigenvalue weighted by atomic mass is 10.1. The molecule has 19 heavy (non-hydrogen) atoms. The first-order valence-electron chi connectivity index (χ1n) is 6.06. The number of carbonyl (C=O) groups excluding carboxylic acids is 1. The summed E-state index contributed by atoms with van der Waals surface area (Å²) in [5.41, 5.74) is 0.0304. The van der Waals surface area contributed by atoms with E-state index in [1.807, 2.05) is 19.9 Å². The average molecular weight is 348 g/mol. The van der Waals surface area contributed by atoms with Crippen LogP contribution in [0.1, 0.15) is 24.3 Å². The number of ether oxygens (including phenoxy) is 1. The second-order valence-electron chi connectivity index (χ2n) is 5.17. The summed E-state index contributed by atoms with van der Waals surface area (Å²) in [5.74, 6) is 0.273. The topological polar surface area (TPSA) is 42.4 Å². The van der Waals surface area contributed by atoms with E-state index >= 15 is 0 Å². The van der Waals surface area contributed by atoms with Crippen molar-refractivity contribution in [3.05, 3.63) is 28.5 Å². The Hall–Kier alpha value is -0.650. The van der Waals surface area contributed by atoms with Crippen LogP contribution in [0.4, 0.5) is 0 Å². The molecular weight excluding hydrogens is 332 g/mol. The summed E-state index contributed by atoms with van der Waals surface area (Å²) in [4.78, 5) is 18.4. The highest BCUT2D eigenvalue weighted by Crippen LogP contribution is 2.24. The van der Waals surface area contributed by atoms with Crippen LogP contribution in [0.25, 0.3) is 0 Å². The SMILES string of the molecule is CC1(C)CN(C(=O)c2ncccc2Br)CC(CCl)O1. The summed E-state index contributed by atoms with van der Waals surface area (Å²) in [7, 11) is 0. The first-order valence-corrected chi connectivity index (χ1v) is 7.39. The third kappa shape index (κ3) is 3.46. The van der Waals surface area contributed by atoms with Gasteiger partial charge in [-0.05, 0) is 41.9 Å². The highest BCUT2D eigenvalue weighted by Gasteiger charge is 2.36. The number of alkyl halides is 1. The van der Waals surface area contributed by atoms with E-state index < -0.39 is 5.60 Å². The Labute approximate surface area is 126 Å². The smallest absolute Gasteiger partial charge is 0.273 e. The van der Waals surface area contributed by atoms with Crippen molar-refractivity contribution in [1.29, 1.82) is 0 Å². The number of carbonyl (C=O) groups is 1. The molecule has 1 aromatic rings. The fourth-order valence-corrected chi connectivity index (χ4v) is 2.81. The molecule has 1 fully saturated rings. The Balaban J connectivity index is 2.21. The monoisotopic (exact) mass is 346 g/mol. The standard InChI is InChI=1S/C13H16BrClN2O2/c1-13(2)8-17(7-9(6-15)19-13)12(18)11-10(14)4-3-5-16-11/h3-5,9H,6-8H2,1-2H3. The van der Waals surface area contributed by atoms with Gasteiger partial charge in [-0.1, -0.05) is 0 Å². The molecule has 2 rings (SSSR count). The van der Waals surface area contributed by atoms with Crippen molar-refractivity contribution < 1.29 is 9.53 Å². The van der Waals surface area contributed by atoms with Crippen molar-refractivity contribution in [3.63, 3.8) is 0 Å². The predicted octanol–water partition coefficient (Wildman–Crippen LogP) is 2.70. The molecular formula is C13H16BrClN2O2. The molecule has 0 spiro atoms. The van der Waals surface area contributed by atoms with Crippen LogP contribution < -0.4 is 0 Å². The largest absolute Gasteiger partial charge is 0.367 e. The number of nitrogens with zero attached hydrogens (tertiary/aromatic N) is 2. The van der Waals surface area contributed by atoms with E-state index in [-0.39, 0.29) is 12.0 Å². The van der Waals surface area contributed by atoms with Gasteiger partial charge in [-0.25, -0.2) is 4.98 Å². The number of aromatic nitrogens is 1. The molecule has 1 aliphatic heterocycles. The lowest BCUT2D eigenvalue weighted by Gasteiger charge is -2.42. The molecule has 1 amide bonds. The summed E-state index contributed by atoms with van der Waals surface area (Å²) in [6.45, 7) is 4.94. The zero-order chi connectivity index (χ0) is 14.0. The Morgan fingerprint density at radius 3 is 3.05 bits per heavy atom. The van der Waals surface area contributed by atoms with Crippen molar-refractivity contribution in [1.82, 2.24) is 9.88 Å². The fraction of sp³-hybridized carbons (Fsp3) is 0.538. The molecule has 0 radical (unpaired) electrons. The van der Waals surface area contributed by atoms with Crippen molar-refractivity contribution in [3.8, 4) is 0 Å². The zero-order valence-corrected chi connectivity index (χ0v) is 13.2. The number of amides is 1. The Bertz CT molecular complexity index is 481. The number of rotatable bonds is 2. The number of pyridine rings is 1. The average Bonchev–Trinajstić information content (AvgIpc) is 2.36. The maximum absolute atomic E-state index is 12.5. The van der Waals surface area contributed by atoms with Gasteiger partial charge in [0.2, 0.25) is 0 Å². The highest BCUT2D eigenvalue weighted by atomic mass is 79.9. The Morgan fingerprint density at radius 2 is 2.42 bits per heavy atom. The van der Waals surface area contributed by atoms with E-state index in [1.54, 1.807) is 17.2 Å². The summed E-state index contributed by atoms with van der Waals surface area (Å²) in [6.07, 6.45) is 1.47. The molecule has 0 bridgehead atoms. The molecule has 1 unspecified atom stereocenters. The van der Waals surface area contributed by atoms with E-state index in [1.165, 1.54) is 0 Å². The minimum Gasteiger partial charge on any atom is -0.367 e. The highest BCUT2D eigenvalue weighted by molar-refractivity contribution is 9.10. The van der Waals surface area contributed by atoms with Crippen LogP contribution in [0.3, 0.4) is 0 Å². The van der Waals surface area contributed by atoms with E-state index in [4.69, 9.17) is 16.3 Å². The van der Waals surface area contributed by atoms with Crippen LogP contribution >= 0.6 is 27.5 Å². The molecule has 4 nitrogen and oxygen atoms in total. The third-order valence-electron chi connectivity index (χ3n) is 2.90. The maximum atomic E-state index is 12.5. The lowest BCUT2D eigenvalue weighted by molar-refractivity contribution is -0.117. The van der Waals surface area contributed by atoms with Crippen molar-refractivity contribution in [2.24, 2.45) is 0 Å². The first kappa shape index (κ1) is 14.8. The van der Waals surface area contributed by atoms with E-state index in [0.29, 0.717) is 29.1 Å². The van der Waals surface area contributed by atoms with E-state index in [9.17, 15) is 4.79 Å². The molecule has 0 aromatic carbocycles. The molecule has 104 valence electrons. The molecule has 2 heterocycles. The van der Waals surface area contributed by atoms with E-state index in [2.05, 4.69) is 20.9 Å². The van der Waals surface area contributed by atoms with Crippen LogP contribution in [0.15, 0.2) is 22.8 Å². The fourth-order valence-electron chi connectivity index (χ4n) is 2.22. The third-order valence-corrected chi connectivity index (χ3v) is 3.89.